The Morgan fingerprint density at radius 1 is 1.09 bits per heavy atom. The molecular formula is C22H22F3N3O5S2. The van der Waals surface area contributed by atoms with Gasteiger partial charge in [0.1, 0.15) is 11.5 Å². The fourth-order valence-electron chi connectivity index (χ4n) is 3.08. The number of sulfonamides is 1. The molecule has 0 aliphatic rings. The van der Waals surface area contributed by atoms with E-state index in [1.54, 1.807) is 9.95 Å². The highest BCUT2D eigenvalue weighted by atomic mass is 32.2. The SMILES string of the molecule is COc1ccc(S(=O)(=O)/N=c2\scc(-c3ccc(OC(F)(F)F)cc3)n2CCCNC(C)=O)cc1. The Morgan fingerprint density at radius 3 is 2.29 bits per heavy atom. The van der Waals surface area contributed by atoms with Gasteiger partial charge in [-0.2, -0.15) is 8.42 Å². The number of aromatic nitrogens is 1. The Morgan fingerprint density at radius 2 is 1.71 bits per heavy atom. The first kappa shape index (κ1) is 26.3. The molecule has 1 N–H and O–H groups in total. The summed E-state index contributed by atoms with van der Waals surface area (Å²) in [6.45, 7) is 2.04. The van der Waals surface area contributed by atoms with Crippen molar-refractivity contribution in [2.45, 2.75) is 31.1 Å². The Balaban J connectivity index is 1.99. The van der Waals surface area contributed by atoms with Crippen LogP contribution in [0.1, 0.15) is 13.3 Å². The van der Waals surface area contributed by atoms with Gasteiger partial charge >= 0.3 is 6.36 Å². The predicted octanol–water partition coefficient (Wildman–Crippen LogP) is 3.94. The van der Waals surface area contributed by atoms with Crippen LogP contribution in [0.2, 0.25) is 0 Å². The van der Waals surface area contributed by atoms with Crippen LogP contribution in [0.15, 0.2) is 63.2 Å². The van der Waals surface area contributed by atoms with Crippen LogP contribution >= 0.6 is 11.3 Å². The number of carbonyl (C=O) groups excluding carboxylic acids is 1. The van der Waals surface area contributed by atoms with Crippen molar-refractivity contribution in [1.29, 1.82) is 0 Å². The van der Waals surface area contributed by atoms with E-state index in [9.17, 15) is 26.4 Å². The molecule has 3 rings (SSSR count). The number of halogens is 3. The summed E-state index contributed by atoms with van der Waals surface area (Å²) < 4.78 is 77.8. The number of alkyl halides is 3. The topological polar surface area (TPSA) is 99.0 Å². The third kappa shape index (κ3) is 7.33. The van der Waals surface area contributed by atoms with Crippen molar-refractivity contribution in [3.8, 4) is 22.8 Å². The summed E-state index contributed by atoms with van der Waals surface area (Å²) in [4.78, 5) is 11.3. The Hall–Kier alpha value is -3.32. The quantitative estimate of drug-likeness (QED) is 0.424. The predicted molar refractivity (Wildman–Crippen MR) is 123 cm³/mol. The normalized spacial score (nSPS) is 12.4. The first-order valence-electron chi connectivity index (χ1n) is 10.2. The van der Waals surface area contributed by atoms with Gasteiger partial charge in [-0.3, -0.25) is 4.79 Å². The zero-order valence-corrected chi connectivity index (χ0v) is 20.3. The highest BCUT2D eigenvalue weighted by Gasteiger charge is 2.31. The van der Waals surface area contributed by atoms with Crippen molar-refractivity contribution in [3.63, 3.8) is 0 Å². The average Bonchev–Trinajstić information content (AvgIpc) is 3.17. The molecule has 0 bridgehead atoms. The Labute approximate surface area is 203 Å². The Kier molecular flexibility index (Phi) is 8.22. The second-order valence-corrected chi connectivity index (χ2v) is 9.65. The molecule has 0 unspecified atom stereocenters. The van der Waals surface area contributed by atoms with Crippen LogP contribution < -0.4 is 19.6 Å². The summed E-state index contributed by atoms with van der Waals surface area (Å²) in [7, 11) is -2.59. The third-order valence-corrected chi connectivity index (χ3v) is 6.93. The van der Waals surface area contributed by atoms with Crippen molar-refractivity contribution in [2.24, 2.45) is 4.40 Å². The van der Waals surface area contributed by atoms with E-state index in [1.165, 1.54) is 62.6 Å². The van der Waals surface area contributed by atoms with Gasteiger partial charge in [-0.1, -0.05) is 0 Å². The second-order valence-electron chi connectivity index (χ2n) is 7.21. The number of methoxy groups -OCH3 is 1. The van der Waals surface area contributed by atoms with Crippen LogP contribution in [-0.4, -0.2) is 38.9 Å². The molecule has 188 valence electrons. The van der Waals surface area contributed by atoms with Crippen molar-refractivity contribution in [2.75, 3.05) is 13.7 Å². The van der Waals surface area contributed by atoms with Gasteiger partial charge in [0.2, 0.25) is 10.7 Å². The van der Waals surface area contributed by atoms with Gasteiger partial charge in [0, 0.05) is 25.4 Å². The molecule has 8 nitrogen and oxygen atoms in total. The third-order valence-electron chi connectivity index (χ3n) is 4.67. The molecule has 0 saturated carbocycles. The van der Waals surface area contributed by atoms with Crippen LogP contribution in [0.3, 0.4) is 0 Å². The van der Waals surface area contributed by atoms with E-state index in [-0.39, 0.29) is 21.4 Å². The first-order valence-corrected chi connectivity index (χ1v) is 12.5. The van der Waals surface area contributed by atoms with Crippen LogP contribution in [0, 0.1) is 0 Å². The molecule has 0 aliphatic heterocycles. The monoisotopic (exact) mass is 529 g/mol. The summed E-state index contributed by atoms with van der Waals surface area (Å²) in [6, 6.07) is 11.0. The molecule has 0 aliphatic carbocycles. The molecule has 3 aromatic rings. The van der Waals surface area contributed by atoms with Gasteiger partial charge in [-0.05, 0) is 60.5 Å². The zero-order chi connectivity index (χ0) is 25.6. The summed E-state index contributed by atoms with van der Waals surface area (Å²) in [5.74, 6) is -0.0817. The number of hydrogen-bond donors (Lipinski definition) is 1. The molecule has 1 heterocycles. The van der Waals surface area contributed by atoms with E-state index >= 15 is 0 Å². The largest absolute Gasteiger partial charge is 0.573 e. The number of rotatable bonds is 9. The van der Waals surface area contributed by atoms with Gasteiger partial charge in [0.15, 0.2) is 0 Å². The van der Waals surface area contributed by atoms with E-state index in [0.717, 1.165) is 11.3 Å². The van der Waals surface area contributed by atoms with Crippen LogP contribution in [-0.2, 0) is 21.4 Å². The van der Waals surface area contributed by atoms with Gasteiger partial charge in [-0.15, -0.1) is 28.9 Å². The summed E-state index contributed by atoms with van der Waals surface area (Å²) >= 11 is 1.07. The van der Waals surface area contributed by atoms with Crippen molar-refractivity contribution in [3.05, 3.63) is 58.7 Å². The molecule has 1 aromatic heterocycles. The summed E-state index contributed by atoms with van der Waals surface area (Å²) in [5, 5.41) is 4.34. The maximum atomic E-state index is 12.9. The number of amides is 1. The maximum Gasteiger partial charge on any atom is 0.573 e. The van der Waals surface area contributed by atoms with E-state index in [4.69, 9.17) is 4.74 Å². The number of thiazole rings is 1. The van der Waals surface area contributed by atoms with Crippen LogP contribution in [0.5, 0.6) is 11.5 Å². The van der Waals surface area contributed by atoms with Gasteiger partial charge in [-0.25, -0.2) is 0 Å². The highest BCUT2D eigenvalue weighted by molar-refractivity contribution is 7.90. The lowest BCUT2D eigenvalue weighted by atomic mass is 10.1. The number of benzene rings is 2. The molecule has 2 aromatic carbocycles. The molecule has 0 saturated heterocycles. The minimum absolute atomic E-state index is 0.0216. The van der Waals surface area contributed by atoms with Gasteiger partial charge < -0.3 is 19.4 Å². The molecule has 0 atom stereocenters. The Bertz CT molecular complexity index is 1330. The minimum atomic E-state index is -4.81. The van der Waals surface area contributed by atoms with E-state index < -0.39 is 16.4 Å². The lowest BCUT2D eigenvalue weighted by Gasteiger charge is -2.11. The zero-order valence-electron chi connectivity index (χ0n) is 18.7. The highest BCUT2D eigenvalue weighted by Crippen LogP contribution is 2.27. The lowest BCUT2D eigenvalue weighted by molar-refractivity contribution is -0.274. The molecule has 35 heavy (non-hydrogen) atoms. The number of nitrogens with one attached hydrogen (secondary N) is 1. The van der Waals surface area contributed by atoms with Crippen molar-refractivity contribution >= 4 is 27.3 Å². The number of ether oxygens (including phenoxy) is 2. The second kappa shape index (κ2) is 11.0. The molecule has 13 heteroatoms. The minimum Gasteiger partial charge on any atom is -0.497 e. The van der Waals surface area contributed by atoms with E-state index in [2.05, 4.69) is 14.5 Å². The maximum absolute atomic E-state index is 12.9. The van der Waals surface area contributed by atoms with E-state index in [1.807, 2.05) is 0 Å². The molecule has 0 radical (unpaired) electrons. The number of carbonyl (C=O) groups is 1. The smallest absolute Gasteiger partial charge is 0.497 e. The lowest BCUT2D eigenvalue weighted by Crippen LogP contribution is -2.24. The van der Waals surface area contributed by atoms with Gasteiger partial charge in [0.25, 0.3) is 10.0 Å². The molecule has 0 fully saturated rings. The van der Waals surface area contributed by atoms with Gasteiger partial charge in [0.05, 0.1) is 17.7 Å². The fourth-order valence-corrected chi connectivity index (χ4v) is 5.24. The number of hydrogen-bond acceptors (Lipinski definition) is 6. The first-order chi connectivity index (χ1) is 16.5. The molecule has 0 spiro atoms. The van der Waals surface area contributed by atoms with Crippen LogP contribution in [0.25, 0.3) is 11.3 Å². The molecular weight excluding hydrogens is 507 g/mol. The summed E-state index contributed by atoms with van der Waals surface area (Å²) in [6.07, 6.45) is -4.34. The van der Waals surface area contributed by atoms with Crippen LogP contribution in [0.4, 0.5) is 13.2 Å². The summed E-state index contributed by atoms with van der Waals surface area (Å²) in [5.41, 5.74) is 1.10. The average molecular weight is 530 g/mol. The fraction of sp³-hybridized carbons (Fsp3) is 0.273. The number of nitrogens with zero attached hydrogens (tertiary/aromatic N) is 2. The van der Waals surface area contributed by atoms with E-state index in [0.29, 0.717) is 36.5 Å². The standard InChI is InChI=1S/C22H22F3N3O5S2/c1-15(29)26-12-3-13-28-20(16-4-6-18(7-5-16)33-22(23,24)25)14-34-21(28)27-35(30,31)19-10-8-17(32-2)9-11-19/h4-11,14H,3,12-13H2,1-2H3,(H,26,29)/b27-21-. The van der Waals surface area contributed by atoms with Crippen molar-refractivity contribution in [1.82, 2.24) is 9.88 Å². The van der Waals surface area contributed by atoms with Crippen molar-refractivity contribution < 1.29 is 35.9 Å². The molecule has 1 amide bonds.